The topological polar surface area (TPSA) is 92.7 Å². The highest BCUT2D eigenvalue weighted by molar-refractivity contribution is 6.01. The van der Waals surface area contributed by atoms with E-state index in [4.69, 9.17) is 4.74 Å². The van der Waals surface area contributed by atoms with E-state index < -0.39 is 11.9 Å². The Morgan fingerprint density at radius 2 is 1.78 bits per heavy atom. The minimum Gasteiger partial charge on any atom is -0.482 e. The molecule has 27 heavy (non-hydrogen) atoms. The Hall–Kier alpha value is -3.67. The smallest absolute Gasteiger partial charge is 0.339 e. The molecule has 0 fully saturated rings. The van der Waals surface area contributed by atoms with Gasteiger partial charge in [-0.05, 0) is 30.5 Å². The van der Waals surface area contributed by atoms with E-state index in [-0.39, 0.29) is 23.7 Å². The van der Waals surface area contributed by atoms with Gasteiger partial charge in [0.2, 0.25) is 0 Å². The second-order valence-corrected chi connectivity index (χ2v) is 5.94. The molecule has 3 aromatic rings. The summed E-state index contributed by atoms with van der Waals surface area (Å²) in [6.07, 6.45) is 0. The lowest BCUT2D eigenvalue weighted by Crippen LogP contribution is -2.21. The minimum absolute atomic E-state index is 0.0138. The highest BCUT2D eigenvalue weighted by atomic mass is 16.5. The molecule has 0 atom stereocenters. The van der Waals surface area contributed by atoms with Crippen molar-refractivity contribution in [3.05, 3.63) is 71.8 Å². The third kappa shape index (κ3) is 4.12. The van der Waals surface area contributed by atoms with Crippen molar-refractivity contribution in [3.8, 4) is 5.75 Å². The summed E-state index contributed by atoms with van der Waals surface area (Å²) in [6, 6.07) is 16.9. The molecule has 6 heteroatoms. The van der Waals surface area contributed by atoms with Crippen LogP contribution in [-0.4, -0.2) is 29.4 Å². The number of aromatic carboxylic acids is 1. The molecule has 1 amide bonds. The molecule has 6 nitrogen and oxygen atoms in total. The van der Waals surface area contributed by atoms with Gasteiger partial charge in [-0.3, -0.25) is 9.59 Å². The summed E-state index contributed by atoms with van der Waals surface area (Å²) in [4.78, 5) is 35.1. The molecule has 0 aliphatic carbocycles. The number of ketones is 1. The number of amides is 1. The van der Waals surface area contributed by atoms with E-state index in [2.05, 4.69) is 5.32 Å². The monoisotopic (exact) mass is 363 g/mol. The molecule has 0 unspecified atom stereocenters. The lowest BCUT2D eigenvalue weighted by atomic mass is 10.1. The highest BCUT2D eigenvalue weighted by Gasteiger charge is 2.16. The Morgan fingerprint density at radius 1 is 1.00 bits per heavy atom. The molecule has 0 saturated carbocycles. The summed E-state index contributed by atoms with van der Waals surface area (Å²) in [5.74, 6) is -1.55. The van der Waals surface area contributed by atoms with Crippen molar-refractivity contribution in [1.82, 2.24) is 0 Å². The fourth-order valence-electron chi connectivity index (χ4n) is 2.72. The average molecular weight is 363 g/mol. The van der Waals surface area contributed by atoms with Crippen LogP contribution in [0.2, 0.25) is 0 Å². The van der Waals surface area contributed by atoms with Crippen LogP contribution in [0.25, 0.3) is 10.8 Å². The summed E-state index contributed by atoms with van der Waals surface area (Å²) in [5.41, 5.74) is 0.934. The third-order valence-corrected chi connectivity index (χ3v) is 4.01. The Morgan fingerprint density at radius 3 is 2.52 bits per heavy atom. The molecule has 3 rings (SSSR count). The molecular formula is C21H17NO5. The van der Waals surface area contributed by atoms with Gasteiger partial charge < -0.3 is 15.2 Å². The van der Waals surface area contributed by atoms with Gasteiger partial charge in [-0.1, -0.05) is 42.5 Å². The number of ether oxygens (including phenoxy) is 1. The maximum absolute atomic E-state index is 12.2. The van der Waals surface area contributed by atoms with Crippen molar-refractivity contribution in [3.63, 3.8) is 0 Å². The number of fused-ring (bicyclic) bond motifs is 1. The molecule has 2 N–H and O–H groups in total. The summed E-state index contributed by atoms with van der Waals surface area (Å²) >= 11 is 0. The number of hydrogen-bond acceptors (Lipinski definition) is 4. The van der Waals surface area contributed by atoms with E-state index in [9.17, 15) is 19.5 Å². The third-order valence-electron chi connectivity index (χ3n) is 4.01. The zero-order valence-corrected chi connectivity index (χ0v) is 14.6. The van der Waals surface area contributed by atoms with Gasteiger partial charge in [-0.25, -0.2) is 4.79 Å². The van der Waals surface area contributed by atoms with Crippen LogP contribution in [0.1, 0.15) is 27.6 Å². The number of benzene rings is 3. The number of anilines is 1. The first kappa shape index (κ1) is 18.1. The molecule has 136 valence electrons. The first-order valence-corrected chi connectivity index (χ1v) is 8.24. The zero-order valence-electron chi connectivity index (χ0n) is 14.6. The van der Waals surface area contributed by atoms with Gasteiger partial charge in [-0.15, -0.1) is 0 Å². The van der Waals surface area contributed by atoms with Gasteiger partial charge in [-0.2, -0.15) is 0 Å². The predicted octanol–water partition coefficient (Wildman–Crippen LogP) is 3.76. The Labute approximate surface area is 155 Å². The molecule has 0 aromatic heterocycles. The van der Waals surface area contributed by atoms with E-state index >= 15 is 0 Å². The Bertz CT molecular complexity index is 1040. The molecule has 0 aliphatic heterocycles. The molecule has 3 aromatic carbocycles. The first-order chi connectivity index (χ1) is 13.0. The molecule has 0 heterocycles. The van der Waals surface area contributed by atoms with Gasteiger partial charge in [0.15, 0.2) is 12.4 Å². The second kappa shape index (κ2) is 7.70. The standard InChI is InChI=1S/C21H17NO5/c1-13(23)15-6-4-7-16(11-15)22-19(24)12-27-20-17-8-3-2-5-14(17)9-10-18(20)21(25)26/h2-11H,12H2,1H3,(H,22,24)(H,25,26). The largest absolute Gasteiger partial charge is 0.482 e. The lowest BCUT2D eigenvalue weighted by Gasteiger charge is -2.13. The Kier molecular flexibility index (Phi) is 5.17. The molecule has 0 aliphatic rings. The van der Waals surface area contributed by atoms with Crippen molar-refractivity contribution in [1.29, 1.82) is 0 Å². The van der Waals surface area contributed by atoms with Crippen LogP contribution in [-0.2, 0) is 4.79 Å². The van der Waals surface area contributed by atoms with Crippen molar-refractivity contribution in [2.75, 3.05) is 11.9 Å². The molecule has 0 bridgehead atoms. The number of carboxylic acids is 1. The number of hydrogen-bond donors (Lipinski definition) is 2. The first-order valence-electron chi connectivity index (χ1n) is 8.24. The number of rotatable bonds is 6. The summed E-state index contributed by atoms with van der Waals surface area (Å²) in [6.45, 7) is 1.08. The SMILES string of the molecule is CC(=O)c1cccc(NC(=O)COc2c(C(=O)O)ccc3ccccc23)c1. The number of Topliss-reactive ketones (excluding diaryl/α,β-unsaturated/α-hetero) is 1. The Balaban J connectivity index is 1.79. The van der Waals surface area contributed by atoms with Crippen molar-refractivity contribution in [2.45, 2.75) is 6.92 Å². The number of carbonyl (C=O) groups is 3. The molecule has 0 saturated heterocycles. The van der Waals surface area contributed by atoms with E-state index in [1.54, 1.807) is 42.5 Å². The minimum atomic E-state index is -1.13. The van der Waals surface area contributed by atoms with Crippen molar-refractivity contribution >= 4 is 34.1 Å². The lowest BCUT2D eigenvalue weighted by molar-refractivity contribution is -0.118. The van der Waals surface area contributed by atoms with Gasteiger partial charge in [0.05, 0.1) is 0 Å². The summed E-state index contributed by atoms with van der Waals surface area (Å²) in [7, 11) is 0. The van der Waals surface area contributed by atoms with Crippen LogP contribution in [0.5, 0.6) is 5.75 Å². The van der Waals surface area contributed by atoms with Crippen molar-refractivity contribution in [2.24, 2.45) is 0 Å². The fourth-order valence-corrected chi connectivity index (χ4v) is 2.72. The average Bonchev–Trinajstić information content (AvgIpc) is 2.66. The van der Waals surface area contributed by atoms with Crippen LogP contribution in [0.4, 0.5) is 5.69 Å². The van der Waals surface area contributed by atoms with Crippen LogP contribution < -0.4 is 10.1 Å². The van der Waals surface area contributed by atoms with Crippen LogP contribution in [0.15, 0.2) is 60.7 Å². The van der Waals surface area contributed by atoms with Crippen LogP contribution in [0, 0.1) is 0 Å². The highest BCUT2D eigenvalue weighted by Crippen LogP contribution is 2.30. The normalized spacial score (nSPS) is 10.4. The van der Waals surface area contributed by atoms with Crippen molar-refractivity contribution < 1.29 is 24.2 Å². The van der Waals surface area contributed by atoms with Crippen LogP contribution in [0.3, 0.4) is 0 Å². The van der Waals surface area contributed by atoms with Crippen LogP contribution >= 0.6 is 0 Å². The van der Waals surface area contributed by atoms with Gasteiger partial charge >= 0.3 is 5.97 Å². The molecule has 0 radical (unpaired) electrons. The quantitative estimate of drug-likeness (QED) is 0.651. The molecule has 0 spiro atoms. The van der Waals surface area contributed by atoms with E-state index in [1.165, 1.54) is 13.0 Å². The maximum atomic E-state index is 12.2. The second-order valence-electron chi connectivity index (χ2n) is 5.94. The number of carboxylic acid groups (broad SMARTS) is 1. The maximum Gasteiger partial charge on any atom is 0.339 e. The fraction of sp³-hybridized carbons (Fsp3) is 0.0952. The van der Waals surface area contributed by atoms with E-state index in [0.717, 1.165) is 5.39 Å². The van der Waals surface area contributed by atoms with Gasteiger partial charge in [0.25, 0.3) is 5.91 Å². The number of nitrogens with one attached hydrogen (secondary N) is 1. The summed E-state index contributed by atoms with van der Waals surface area (Å²) in [5, 5.41) is 13.5. The van der Waals surface area contributed by atoms with Gasteiger partial charge in [0.1, 0.15) is 11.3 Å². The van der Waals surface area contributed by atoms with E-state index in [0.29, 0.717) is 16.6 Å². The number of carbonyl (C=O) groups excluding carboxylic acids is 2. The molecular weight excluding hydrogens is 346 g/mol. The predicted molar refractivity (Wildman–Crippen MR) is 101 cm³/mol. The van der Waals surface area contributed by atoms with E-state index in [1.807, 2.05) is 12.1 Å². The van der Waals surface area contributed by atoms with Gasteiger partial charge in [0, 0.05) is 16.6 Å². The zero-order chi connectivity index (χ0) is 19.4. The summed E-state index contributed by atoms with van der Waals surface area (Å²) < 4.78 is 5.56.